The maximum absolute atomic E-state index is 13.6. The molecule has 0 aliphatic carbocycles. The van der Waals surface area contributed by atoms with Gasteiger partial charge in [0.1, 0.15) is 11.6 Å². The van der Waals surface area contributed by atoms with Gasteiger partial charge in [-0.15, -0.1) is 0 Å². The van der Waals surface area contributed by atoms with Gasteiger partial charge >= 0.3 is 0 Å². The quantitative estimate of drug-likeness (QED) is 0.610. The third kappa shape index (κ3) is 4.59. The highest BCUT2D eigenvalue weighted by Crippen LogP contribution is 2.30. The average molecular weight is 377 g/mol. The van der Waals surface area contributed by atoms with Gasteiger partial charge < -0.3 is 10.6 Å². The standard InChI is InChI=1S/C18H15Cl2FN4/c19-13-5-3-7-15(17(13)20)24-18-23-11-9-16(25-18)22-10-8-12-4-1-2-6-14(12)21/h1-7,9,11H,8,10H2,(H2,22,23,24,25). The van der Waals surface area contributed by atoms with Gasteiger partial charge in [0.15, 0.2) is 0 Å². The lowest BCUT2D eigenvalue weighted by Gasteiger charge is -2.10. The summed E-state index contributed by atoms with van der Waals surface area (Å²) in [6.45, 7) is 0.551. The number of aromatic nitrogens is 2. The summed E-state index contributed by atoms with van der Waals surface area (Å²) in [7, 11) is 0. The molecule has 128 valence electrons. The minimum Gasteiger partial charge on any atom is -0.370 e. The van der Waals surface area contributed by atoms with Gasteiger partial charge in [0.2, 0.25) is 5.95 Å². The van der Waals surface area contributed by atoms with Crippen LogP contribution in [0, 0.1) is 5.82 Å². The maximum atomic E-state index is 13.6. The Labute approximate surface area is 155 Å². The predicted octanol–water partition coefficient (Wildman–Crippen LogP) is 5.32. The average Bonchev–Trinajstić information content (AvgIpc) is 2.61. The molecular formula is C18H15Cl2FN4. The Bertz CT molecular complexity index is 873. The van der Waals surface area contributed by atoms with Crippen LogP contribution in [0.2, 0.25) is 10.0 Å². The van der Waals surface area contributed by atoms with Crippen molar-refractivity contribution >= 4 is 40.7 Å². The smallest absolute Gasteiger partial charge is 0.229 e. The van der Waals surface area contributed by atoms with Crippen LogP contribution in [0.25, 0.3) is 0 Å². The number of nitrogens with zero attached hydrogens (tertiary/aromatic N) is 2. The minimum atomic E-state index is -0.204. The fourth-order valence-electron chi connectivity index (χ4n) is 2.26. The molecule has 0 unspecified atom stereocenters. The van der Waals surface area contributed by atoms with Crippen molar-refractivity contribution in [1.29, 1.82) is 0 Å². The number of halogens is 3. The summed E-state index contributed by atoms with van der Waals surface area (Å²) in [4.78, 5) is 8.53. The summed E-state index contributed by atoms with van der Waals surface area (Å²) in [5.41, 5.74) is 1.28. The Morgan fingerprint density at radius 1 is 1.00 bits per heavy atom. The third-order valence-electron chi connectivity index (χ3n) is 3.51. The van der Waals surface area contributed by atoms with Crippen LogP contribution in [-0.4, -0.2) is 16.5 Å². The Morgan fingerprint density at radius 2 is 1.84 bits per heavy atom. The van der Waals surface area contributed by atoms with E-state index in [0.29, 0.717) is 46.0 Å². The highest BCUT2D eigenvalue weighted by atomic mass is 35.5. The first kappa shape index (κ1) is 17.5. The van der Waals surface area contributed by atoms with E-state index in [0.717, 1.165) is 0 Å². The molecule has 2 N–H and O–H groups in total. The monoisotopic (exact) mass is 376 g/mol. The molecule has 7 heteroatoms. The van der Waals surface area contributed by atoms with Crippen LogP contribution < -0.4 is 10.6 Å². The van der Waals surface area contributed by atoms with Gasteiger partial charge in [-0.2, -0.15) is 4.98 Å². The molecule has 25 heavy (non-hydrogen) atoms. The number of hydrogen-bond acceptors (Lipinski definition) is 4. The number of anilines is 3. The van der Waals surface area contributed by atoms with Crippen LogP contribution in [0.15, 0.2) is 54.7 Å². The van der Waals surface area contributed by atoms with Crippen molar-refractivity contribution in [2.75, 3.05) is 17.2 Å². The summed E-state index contributed by atoms with van der Waals surface area (Å²) in [6.07, 6.45) is 2.18. The van der Waals surface area contributed by atoms with Crippen molar-refractivity contribution in [2.45, 2.75) is 6.42 Å². The Kier molecular flexibility index (Phi) is 5.68. The van der Waals surface area contributed by atoms with Gasteiger partial charge in [-0.05, 0) is 36.2 Å². The molecular weight excluding hydrogens is 362 g/mol. The fraction of sp³-hybridized carbons (Fsp3) is 0.111. The Morgan fingerprint density at radius 3 is 2.68 bits per heavy atom. The lowest BCUT2D eigenvalue weighted by molar-refractivity contribution is 0.610. The normalized spacial score (nSPS) is 10.5. The molecule has 0 aliphatic rings. The summed E-state index contributed by atoms with van der Waals surface area (Å²) < 4.78 is 13.6. The molecule has 3 aromatic rings. The second kappa shape index (κ2) is 8.14. The lowest BCUT2D eigenvalue weighted by Crippen LogP contribution is -2.08. The molecule has 0 amide bonds. The first-order chi connectivity index (χ1) is 12.1. The predicted molar refractivity (Wildman–Crippen MR) is 100 cm³/mol. The molecule has 0 fully saturated rings. The van der Waals surface area contributed by atoms with Gasteiger partial charge in [-0.1, -0.05) is 47.5 Å². The molecule has 0 radical (unpaired) electrons. The third-order valence-corrected chi connectivity index (χ3v) is 4.33. The largest absolute Gasteiger partial charge is 0.370 e. The molecule has 0 aliphatic heterocycles. The van der Waals surface area contributed by atoms with E-state index in [9.17, 15) is 4.39 Å². The zero-order valence-electron chi connectivity index (χ0n) is 13.1. The van der Waals surface area contributed by atoms with Crippen LogP contribution in [0.1, 0.15) is 5.56 Å². The number of benzene rings is 2. The lowest BCUT2D eigenvalue weighted by atomic mass is 10.1. The molecule has 4 nitrogen and oxygen atoms in total. The van der Waals surface area contributed by atoms with E-state index in [1.165, 1.54) is 6.07 Å². The van der Waals surface area contributed by atoms with E-state index in [1.54, 1.807) is 42.6 Å². The summed E-state index contributed by atoms with van der Waals surface area (Å²) in [6, 6.07) is 13.7. The van der Waals surface area contributed by atoms with Crippen LogP contribution in [0.4, 0.5) is 21.8 Å². The number of nitrogens with one attached hydrogen (secondary N) is 2. The first-order valence-corrected chi connectivity index (χ1v) is 8.40. The molecule has 0 saturated heterocycles. The molecule has 0 spiro atoms. The van der Waals surface area contributed by atoms with Crippen LogP contribution >= 0.6 is 23.2 Å². The SMILES string of the molecule is Fc1ccccc1CCNc1ccnc(Nc2cccc(Cl)c2Cl)n1. The molecule has 0 atom stereocenters. The summed E-state index contributed by atoms with van der Waals surface area (Å²) in [5, 5.41) is 7.05. The first-order valence-electron chi connectivity index (χ1n) is 7.65. The summed E-state index contributed by atoms with van der Waals surface area (Å²) >= 11 is 12.1. The van der Waals surface area contributed by atoms with Crippen molar-refractivity contribution in [2.24, 2.45) is 0 Å². The molecule has 0 saturated carbocycles. The van der Waals surface area contributed by atoms with Gasteiger partial charge in [0.25, 0.3) is 0 Å². The van der Waals surface area contributed by atoms with Gasteiger partial charge in [0.05, 0.1) is 15.7 Å². The van der Waals surface area contributed by atoms with E-state index < -0.39 is 0 Å². The molecule has 1 aromatic heterocycles. The Hall–Kier alpha value is -2.37. The summed E-state index contributed by atoms with van der Waals surface area (Å²) in [5.74, 6) is 0.817. The van der Waals surface area contributed by atoms with Crippen molar-refractivity contribution in [3.05, 3.63) is 76.2 Å². The van der Waals surface area contributed by atoms with Gasteiger partial charge in [-0.25, -0.2) is 9.37 Å². The molecule has 2 aromatic carbocycles. The van der Waals surface area contributed by atoms with Crippen LogP contribution in [-0.2, 0) is 6.42 Å². The molecule has 3 rings (SSSR count). The Balaban J connectivity index is 1.63. The van der Waals surface area contributed by atoms with Crippen LogP contribution in [0.5, 0.6) is 0 Å². The number of rotatable bonds is 6. The zero-order valence-corrected chi connectivity index (χ0v) is 14.7. The minimum absolute atomic E-state index is 0.204. The zero-order chi connectivity index (χ0) is 17.6. The van der Waals surface area contributed by atoms with Gasteiger partial charge in [0, 0.05) is 12.7 Å². The van der Waals surface area contributed by atoms with Crippen LogP contribution in [0.3, 0.4) is 0 Å². The fourth-order valence-corrected chi connectivity index (χ4v) is 2.61. The van der Waals surface area contributed by atoms with Crippen molar-refractivity contribution in [1.82, 2.24) is 9.97 Å². The van der Waals surface area contributed by atoms with E-state index in [-0.39, 0.29) is 5.82 Å². The van der Waals surface area contributed by atoms with E-state index >= 15 is 0 Å². The van der Waals surface area contributed by atoms with Crippen molar-refractivity contribution in [3.8, 4) is 0 Å². The topological polar surface area (TPSA) is 49.8 Å². The second-order valence-electron chi connectivity index (χ2n) is 5.26. The van der Waals surface area contributed by atoms with E-state index in [4.69, 9.17) is 23.2 Å². The van der Waals surface area contributed by atoms with Crippen molar-refractivity contribution in [3.63, 3.8) is 0 Å². The number of hydrogen-bond donors (Lipinski definition) is 2. The maximum Gasteiger partial charge on any atom is 0.229 e. The molecule has 1 heterocycles. The second-order valence-corrected chi connectivity index (χ2v) is 6.05. The van der Waals surface area contributed by atoms with Gasteiger partial charge in [-0.3, -0.25) is 0 Å². The highest BCUT2D eigenvalue weighted by Gasteiger charge is 2.07. The highest BCUT2D eigenvalue weighted by molar-refractivity contribution is 6.43. The molecule has 0 bridgehead atoms. The van der Waals surface area contributed by atoms with Crippen molar-refractivity contribution < 1.29 is 4.39 Å². The van der Waals surface area contributed by atoms with E-state index in [2.05, 4.69) is 20.6 Å². The van der Waals surface area contributed by atoms with E-state index in [1.807, 2.05) is 6.07 Å².